The van der Waals surface area contributed by atoms with Crippen LogP contribution in [0, 0.1) is 5.92 Å². The van der Waals surface area contributed by atoms with Crippen LogP contribution in [0.3, 0.4) is 0 Å². The zero-order valence-corrected chi connectivity index (χ0v) is 28.6. The maximum atomic E-state index is 14.0. The number of carbonyl (C=O) groups excluding carboxylic acids is 2. The van der Waals surface area contributed by atoms with Gasteiger partial charge in [0.25, 0.3) is 5.91 Å². The van der Waals surface area contributed by atoms with Crippen LogP contribution in [-0.2, 0) is 19.5 Å². The number of amides is 2. The van der Waals surface area contributed by atoms with Gasteiger partial charge in [0.2, 0.25) is 10.0 Å². The molecule has 0 spiro atoms. The molecule has 0 radical (unpaired) electrons. The smallest absolute Gasteiger partial charge is 0.410 e. The fourth-order valence-electron chi connectivity index (χ4n) is 5.14. The Morgan fingerprint density at radius 2 is 1.69 bits per heavy atom. The number of rotatable bonds is 14. The van der Waals surface area contributed by atoms with Gasteiger partial charge in [-0.1, -0.05) is 30.3 Å². The van der Waals surface area contributed by atoms with Gasteiger partial charge in [0, 0.05) is 63.3 Å². The standard InChI is InChI=1S/C33H49N3O8S/c1-23(2)36(31(37)26-15-16-29(42-8)30(19-26)43-18-12-17-41-7)21-27-20-35(32(38)44-33(4,5)6)22-28(27)34-45(39,40)24(3)25-13-10-9-11-14-25/h9-11,13-16,19,23-24,27-28,34H,12,17-18,20-22H2,1-8H3. The van der Waals surface area contributed by atoms with Crippen LogP contribution in [-0.4, -0.2) is 95.0 Å². The van der Waals surface area contributed by atoms with E-state index in [0.29, 0.717) is 42.3 Å². The Bertz CT molecular complexity index is 1380. The first-order chi connectivity index (χ1) is 21.2. The molecule has 11 nitrogen and oxygen atoms in total. The van der Waals surface area contributed by atoms with Crippen molar-refractivity contribution in [3.63, 3.8) is 0 Å². The minimum atomic E-state index is -3.84. The third kappa shape index (κ3) is 10.1. The molecule has 2 aromatic carbocycles. The van der Waals surface area contributed by atoms with E-state index in [1.54, 1.807) is 82.2 Å². The van der Waals surface area contributed by atoms with Crippen molar-refractivity contribution in [1.29, 1.82) is 0 Å². The van der Waals surface area contributed by atoms with Gasteiger partial charge in [-0.2, -0.15) is 0 Å². The fourth-order valence-corrected chi connectivity index (χ4v) is 6.54. The third-order valence-corrected chi connectivity index (χ3v) is 9.45. The van der Waals surface area contributed by atoms with Crippen LogP contribution in [0.2, 0.25) is 0 Å². The van der Waals surface area contributed by atoms with Crippen molar-refractivity contribution < 1.29 is 37.0 Å². The van der Waals surface area contributed by atoms with Crippen LogP contribution in [0.4, 0.5) is 4.79 Å². The number of nitrogens with zero attached hydrogens (tertiary/aromatic N) is 2. The summed E-state index contributed by atoms with van der Waals surface area (Å²) in [5, 5.41) is -0.820. The molecule has 2 aromatic rings. The van der Waals surface area contributed by atoms with Crippen LogP contribution < -0.4 is 14.2 Å². The average molecular weight is 648 g/mol. The molecule has 12 heteroatoms. The Labute approximate surface area is 268 Å². The summed E-state index contributed by atoms with van der Waals surface area (Å²) in [7, 11) is -0.681. The second-order valence-electron chi connectivity index (χ2n) is 12.6. The molecule has 0 aliphatic carbocycles. The Morgan fingerprint density at radius 3 is 2.29 bits per heavy atom. The number of hydrogen-bond acceptors (Lipinski definition) is 8. The number of sulfonamides is 1. The molecular weight excluding hydrogens is 598 g/mol. The predicted octanol–water partition coefficient (Wildman–Crippen LogP) is 4.88. The summed E-state index contributed by atoms with van der Waals surface area (Å²) < 4.78 is 52.1. The van der Waals surface area contributed by atoms with Crippen molar-refractivity contribution in [3.8, 4) is 11.5 Å². The monoisotopic (exact) mass is 647 g/mol. The van der Waals surface area contributed by atoms with E-state index in [2.05, 4.69) is 4.72 Å². The molecule has 3 atom stereocenters. The Hall–Kier alpha value is -3.35. The van der Waals surface area contributed by atoms with Crippen molar-refractivity contribution in [3.05, 3.63) is 59.7 Å². The summed E-state index contributed by atoms with van der Waals surface area (Å²) in [5.74, 6) is 0.306. The number of carbonyl (C=O) groups is 2. The second kappa shape index (κ2) is 15.8. The number of methoxy groups -OCH3 is 2. The van der Waals surface area contributed by atoms with Gasteiger partial charge in [-0.05, 0) is 65.3 Å². The first-order valence-corrected chi connectivity index (χ1v) is 16.9. The highest BCUT2D eigenvalue weighted by atomic mass is 32.2. The fraction of sp³-hybridized carbons (Fsp3) is 0.576. The molecule has 3 unspecified atom stereocenters. The Kier molecular flexibility index (Phi) is 12.7. The normalized spacial score (nSPS) is 17.7. The van der Waals surface area contributed by atoms with Gasteiger partial charge in [-0.25, -0.2) is 17.9 Å². The lowest BCUT2D eigenvalue weighted by Gasteiger charge is -2.32. The molecular formula is C33H49N3O8S. The summed E-state index contributed by atoms with van der Waals surface area (Å²) in [6.07, 6.45) is 0.143. The summed E-state index contributed by atoms with van der Waals surface area (Å²) >= 11 is 0. The van der Waals surface area contributed by atoms with Crippen molar-refractivity contribution >= 4 is 22.0 Å². The summed E-state index contributed by atoms with van der Waals surface area (Å²) in [4.78, 5) is 30.3. The summed E-state index contributed by atoms with van der Waals surface area (Å²) in [5.41, 5.74) is 0.342. The molecule has 0 saturated carbocycles. The highest BCUT2D eigenvalue weighted by Crippen LogP contribution is 2.31. The number of ether oxygens (including phenoxy) is 4. The summed E-state index contributed by atoms with van der Waals surface area (Å²) in [6, 6.07) is 13.1. The summed E-state index contributed by atoms with van der Waals surface area (Å²) in [6.45, 7) is 12.3. The van der Waals surface area contributed by atoms with E-state index in [1.165, 1.54) is 12.0 Å². The van der Waals surface area contributed by atoms with E-state index in [-0.39, 0.29) is 31.6 Å². The van der Waals surface area contributed by atoms with Gasteiger partial charge >= 0.3 is 6.09 Å². The van der Waals surface area contributed by atoms with Crippen molar-refractivity contribution in [2.75, 3.05) is 47.1 Å². The SMILES string of the molecule is COCCCOc1cc(C(=O)N(CC2CN(C(=O)OC(C)(C)C)CC2NS(=O)(=O)C(C)c2ccccc2)C(C)C)ccc1OC. The van der Waals surface area contributed by atoms with Gasteiger partial charge in [0.05, 0.1) is 19.0 Å². The van der Waals surface area contributed by atoms with Gasteiger partial charge < -0.3 is 28.7 Å². The van der Waals surface area contributed by atoms with Gasteiger partial charge in [0.1, 0.15) is 5.60 Å². The zero-order valence-electron chi connectivity index (χ0n) is 27.7. The lowest BCUT2D eigenvalue weighted by atomic mass is 10.0. The van der Waals surface area contributed by atoms with Gasteiger partial charge in [0.15, 0.2) is 11.5 Å². The molecule has 0 bridgehead atoms. The van der Waals surface area contributed by atoms with E-state index in [1.807, 2.05) is 19.9 Å². The topological polar surface area (TPSA) is 124 Å². The maximum absolute atomic E-state index is 14.0. The molecule has 1 aliphatic heterocycles. The lowest BCUT2D eigenvalue weighted by molar-refractivity contribution is 0.0283. The third-order valence-electron chi connectivity index (χ3n) is 7.62. The van der Waals surface area contributed by atoms with Crippen LogP contribution in [0.5, 0.6) is 11.5 Å². The van der Waals surface area contributed by atoms with E-state index in [9.17, 15) is 18.0 Å². The van der Waals surface area contributed by atoms with Crippen LogP contribution in [0.15, 0.2) is 48.5 Å². The molecule has 45 heavy (non-hydrogen) atoms. The quantitative estimate of drug-likeness (QED) is 0.288. The zero-order chi connectivity index (χ0) is 33.4. The Morgan fingerprint density at radius 1 is 1.00 bits per heavy atom. The average Bonchev–Trinajstić information content (AvgIpc) is 3.38. The van der Waals surface area contributed by atoms with Crippen LogP contribution >= 0.6 is 0 Å². The molecule has 1 fully saturated rings. The highest BCUT2D eigenvalue weighted by Gasteiger charge is 2.42. The van der Waals surface area contributed by atoms with Gasteiger partial charge in [-0.15, -0.1) is 0 Å². The molecule has 3 rings (SSSR count). The first kappa shape index (κ1) is 36.1. The molecule has 1 heterocycles. The van der Waals surface area contributed by atoms with Crippen LogP contribution in [0.25, 0.3) is 0 Å². The minimum absolute atomic E-state index is 0.114. The van der Waals surface area contributed by atoms with E-state index in [4.69, 9.17) is 18.9 Å². The minimum Gasteiger partial charge on any atom is -0.493 e. The van der Waals surface area contributed by atoms with Crippen molar-refractivity contribution in [2.24, 2.45) is 5.92 Å². The molecule has 0 aromatic heterocycles. The first-order valence-electron chi connectivity index (χ1n) is 15.3. The molecule has 1 aliphatic rings. The molecule has 1 N–H and O–H groups in total. The van der Waals surface area contributed by atoms with Gasteiger partial charge in [-0.3, -0.25) is 4.79 Å². The maximum Gasteiger partial charge on any atom is 0.410 e. The van der Waals surface area contributed by atoms with E-state index >= 15 is 0 Å². The number of nitrogens with one attached hydrogen (secondary N) is 1. The number of benzene rings is 2. The molecule has 1 saturated heterocycles. The van der Waals surface area contributed by atoms with E-state index < -0.39 is 38.9 Å². The predicted molar refractivity (Wildman–Crippen MR) is 173 cm³/mol. The van der Waals surface area contributed by atoms with Crippen LogP contribution in [0.1, 0.15) is 69.1 Å². The molecule has 250 valence electrons. The number of likely N-dealkylation sites (tertiary alicyclic amines) is 1. The second-order valence-corrected chi connectivity index (χ2v) is 14.6. The van der Waals surface area contributed by atoms with Crippen molar-refractivity contribution in [2.45, 2.75) is 70.9 Å². The van der Waals surface area contributed by atoms with Crippen molar-refractivity contribution in [1.82, 2.24) is 14.5 Å². The van der Waals surface area contributed by atoms with E-state index in [0.717, 1.165) is 0 Å². The number of hydrogen-bond donors (Lipinski definition) is 1. The highest BCUT2D eigenvalue weighted by molar-refractivity contribution is 7.89. The lowest BCUT2D eigenvalue weighted by Crippen LogP contribution is -2.48. The Balaban J connectivity index is 1.88. The molecule has 2 amide bonds. The largest absolute Gasteiger partial charge is 0.493 e.